The fourth-order valence-electron chi connectivity index (χ4n) is 3.44. The van der Waals surface area contributed by atoms with Crippen LogP contribution in [0, 0.1) is 18.2 Å². The Kier molecular flexibility index (Phi) is 5.90. The van der Waals surface area contributed by atoms with E-state index >= 15 is 0 Å². The molecule has 0 bridgehead atoms. The topological polar surface area (TPSA) is 44.8 Å². The van der Waals surface area contributed by atoms with Gasteiger partial charge in [0, 0.05) is 25.7 Å². The highest BCUT2D eigenvalue weighted by Gasteiger charge is 2.32. The van der Waals surface area contributed by atoms with Crippen molar-refractivity contribution in [3.63, 3.8) is 0 Å². The zero-order chi connectivity index (χ0) is 17.6. The monoisotopic (exact) mass is 345 g/mol. The molecule has 0 radical (unpaired) electrons. The number of morpholine rings is 1. The number of nitrogens with zero attached hydrogens (tertiary/aromatic N) is 2. The van der Waals surface area contributed by atoms with Crippen LogP contribution in [0.1, 0.15) is 18.4 Å². The summed E-state index contributed by atoms with van der Waals surface area (Å²) in [6.45, 7) is 3.72. The molecule has 6 heteroatoms. The Morgan fingerprint density at radius 1 is 1.44 bits per heavy atom. The minimum absolute atomic E-state index is 0.0109. The van der Waals surface area contributed by atoms with Gasteiger partial charge >= 0.3 is 6.03 Å². The van der Waals surface area contributed by atoms with Crippen LogP contribution in [-0.2, 0) is 11.3 Å². The molecule has 0 aromatic heterocycles. The van der Waals surface area contributed by atoms with Crippen LogP contribution in [0.2, 0.25) is 0 Å². The fraction of sp³-hybridized carbons (Fsp3) is 0.526. The third-order valence-electron chi connectivity index (χ3n) is 4.80. The van der Waals surface area contributed by atoms with Crippen molar-refractivity contribution in [1.29, 1.82) is 0 Å². The van der Waals surface area contributed by atoms with Crippen LogP contribution in [0.3, 0.4) is 0 Å². The van der Waals surface area contributed by atoms with Crippen molar-refractivity contribution in [2.24, 2.45) is 0 Å². The third kappa shape index (κ3) is 4.71. The van der Waals surface area contributed by atoms with Crippen LogP contribution in [0.25, 0.3) is 0 Å². The van der Waals surface area contributed by atoms with Gasteiger partial charge in [0.25, 0.3) is 0 Å². The molecule has 0 saturated carbocycles. The van der Waals surface area contributed by atoms with E-state index in [2.05, 4.69) is 16.1 Å². The molecule has 1 aromatic carbocycles. The Morgan fingerprint density at radius 2 is 2.24 bits per heavy atom. The van der Waals surface area contributed by atoms with Gasteiger partial charge in [-0.25, -0.2) is 9.18 Å². The molecule has 2 aliphatic rings. The predicted octanol–water partition coefficient (Wildman–Crippen LogP) is 1.83. The van der Waals surface area contributed by atoms with Gasteiger partial charge in [-0.3, -0.25) is 4.90 Å². The van der Waals surface area contributed by atoms with Crippen molar-refractivity contribution < 1.29 is 13.9 Å². The minimum atomic E-state index is -0.300. The number of halogens is 1. The summed E-state index contributed by atoms with van der Waals surface area (Å²) in [5, 5.41) is 2.91. The van der Waals surface area contributed by atoms with Crippen molar-refractivity contribution in [1.82, 2.24) is 15.1 Å². The Bertz CT molecular complexity index is 629. The number of nitrogens with one attached hydrogen (secondary N) is 1. The summed E-state index contributed by atoms with van der Waals surface area (Å²) in [6, 6.07) is 6.39. The molecule has 2 atom stereocenters. The zero-order valence-corrected chi connectivity index (χ0v) is 14.3. The standard InChI is InChI=1S/C19H24FN3O2/c1-2-9-23(12-15-5-7-16(20)8-6-15)19(24)21-11-18-13-22-10-3-4-17(22)14-25-18/h1,5-8,17-18H,3-4,9-14H2,(H,21,24)/t17-,18-/m0/s1. The van der Waals surface area contributed by atoms with E-state index in [1.165, 1.54) is 29.9 Å². The van der Waals surface area contributed by atoms with E-state index in [4.69, 9.17) is 11.2 Å². The van der Waals surface area contributed by atoms with E-state index < -0.39 is 0 Å². The van der Waals surface area contributed by atoms with Crippen LogP contribution < -0.4 is 5.32 Å². The van der Waals surface area contributed by atoms with E-state index in [9.17, 15) is 9.18 Å². The fourth-order valence-corrected chi connectivity index (χ4v) is 3.44. The van der Waals surface area contributed by atoms with E-state index in [1.807, 2.05) is 0 Å². The molecule has 2 saturated heterocycles. The highest BCUT2D eigenvalue weighted by Crippen LogP contribution is 2.22. The number of carbonyl (C=O) groups excluding carboxylic acids is 1. The number of hydrogen-bond donors (Lipinski definition) is 1. The molecule has 2 amide bonds. The van der Waals surface area contributed by atoms with E-state index in [1.54, 1.807) is 12.1 Å². The maximum absolute atomic E-state index is 13.0. The van der Waals surface area contributed by atoms with Crippen molar-refractivity contribution in [2.75, 3.05) is 32.8 Å². The molecule has 3 rings (SSSR count). The summed E-state index contributed by atoms with van der Waals surface area (Å²) >= 11 is 0. The first-order chi connectivity index (χ1) is 12.2. The minimum Gasteiger partial charge on any atom is -0.373 e. The second kappa shape index (κ2) is 8.32. The molecule has 2 aliphatic heterocycles. The molecule has 25 heavy (non-hydrogen) atoms. The molecule has 134 valence electrons. The summed E-state index contributed by atoms with van der Waals surface area (Å²) in [4.78, 5) is 16.4. The Morgan fingerprint density at radius 3 is 3.00 bits per heavy atom. The number of carbonyl (C=O) groups is 1. The summed E-state index contributed by atoms with van der Waals surface area (Å²) in [5.41, 5.74) is 0.834. The van der Waals surface area contributed by atoms with E-state index in [0.717, 1.165) is 25.3 Å². The number of amides is 2. The number of terminal acetylenes is 1. The average Bonchev–Trinajstić information content (AvgIpc) is 3.09. The molecule has 0 aliphatic carbocycles. The molecule has 0 spiro atoms. The van der Waals surface area contributed by atoms with Crippen LogP contribution >= 0.6 is 0 Å². The van der Waals surface area contributed by atoms with Gasteiger partial charge in [0.15, 0.2) is 0 Å². The maximum Gasteiger partial charge on any atom is 0.318 e. The van der Waals surface area contributed by atoms with Gasteiger partial charge in [-0.05, 0) is 37.1 Å². The van der Waals surface area contributed by atoms with Gasteiger partial charge in [0.2, 0.25) is 0 Å². The van der Waals surface area contributed by atoms with Gasteiger partial charge in [-0.15, -0.1) is 6.42 Å². The van der Waals surface area contributed by atoms with E-state index in [0.29, 0.717) is 19.1 Å². The lowest BCUT2D eigenvalue weighted by atomic mass is 10.2. The lowest BCUT2D eigenvalue weighted by Crippen LogP contribution is -2.51. The number of urea groups is 1. The van der Waals surface area contributed by atoms with Crippen LogP contribution in [0.15, 0.2) is 24.3 Å². The van der Waals surface area contributed by atoms with Crippen molar-refractivity contribution in [3.8, 4) is 12.3 Å². The predicted molar refractivity (Wildman–Crippen MR) is 93.4 cm³/mol. The second-order valence-electron chi connectivity index (χ2n) is 6.62. The van der Waals surface area contributed by atoms with Crippen molar-refractivity contribution in [2.45, 2.75) is 31.5 Å². The van der Waals surface area contributed by atoms with Crippen molar-refractivity contribution >= 4 is 6.03 Å². The summed E-state index contributed by atoms with van der Waals surface area (Å²) in [7, 11) is 0. The highest BCUT2D eigenvalue weighted by atomic mass is 19.1. The Hall–Kier alpha value is -2.10. The summed E-state index contributed by atoms with van der Waals surface area (Å²) in [5.74, 6) is 2.20. The smallest absolute Gasteiger partial charge is 0.318 e. The SMILES string of the molecule is C#CCN(Cc1ccc(F)cc1)C(=O)NC[C@H]1CN2CCC[C@H]2CO1. The highest BCUT2D eigenvalue weighted by molar-refractivity contribution is 5.74. The Balaban J connectivity index is 1.50. The maximum atomic E-state index is 13.0. The lowest BCUT2D eigenvalue weighted by Gasteiger charge is -2.35. The van der Waals surface area contributed by atoms with Gasteiger partial charge in [0.1, 0.15) is 5.82 Å². The number of benzene rings is 1. The number of hydrogen-bond acceptors (Lipinski definition) is 3. The normalized spacial score (nSPS) is 22.9. The molecule has 5 nitrogen and oxygen atoms in total. The summed E-state index contributed by atoms with van der Waals surface area (Å²) in [6.07, 6.45) is 7.81. The number of fused-ring (bicyclic) bond motifs is 1. The Labute approximate surface area is 148 Å². The van der Waals surface area contributed by atoms with Gasteiger partial charge in [-0.1, -0.05) is 18.1 Å². The average molecular weight is 345 g/mol. The van der Waals surface area contributed by atoms with Gasteiger partial charge < -0.3 is 15.0 Å². The van der Waals surface area contributed by atoms with Gasteiger partial charge in [0.05, 0.1) is 19.3 Å². The molecular weight excluding hydrogens is 321 g/mol. The molecule has 1 aromatic rings. The first kappa shape index (κ1) is 17.7. The quantitative estimate of drug-likeness (QED) is 0.828. The second-order valence-corrected chi connectivity index (χ2v) is 6.62. The third-order valence-corrected chi connectivity index (χ3v) is 4.80. The van der Waals surface area contributed by atoms with Crippen LogP contribution in [-0.4, -0.2) is 60.8 Å². The molecule has 0 unspecified atom stereocenters. The summed E-state index contributed by atoms with van der Waals surface area (Å²) < 4.78 is 18.9. The molecule has 2 heterocycles. The lowest BCUT2D eigenvalue weighted by molar-refractivity contribution is -0.0461. The van der Waals surface area contributed by atoms with E-state index in [-0.39, 0.29) is 24.5 Å². The molecule has 1 N–H and O–H groups in total. The van der Waals surface area contributed by atoms with Crippen LogP contribution in [0.4, 0.5) is 9.18 Å². The first-order valence-corrected chi connectivity index (χ1v) is 8.72. The molecule has 2 fully saturated rings. The number of rotatable bonds is 5. The van der Waals surface area contributed by atoms with Gasteiger partial charge in [-0.2, -0.15) is 0 Å². The number of ether oxygens (including phenoxy) is 1. The first-order valence-electron chi connectivity index (χ1n) is 8.72. The largest absolute Gasteiger partial charge is 0.373 e. The van der Waals surface area contributed by atoms with Crippen molar-refractivity contribution in [3.05, 3.63) is 35.6 Å². The zero-order valence-electron chi connectivity index (χ0n) is 14.3. The molecular formula is C19H24FN3O2. The van der Waals surface area contributed by atoms with Crippen LogP contribution in [0.5, 0.6) is 0 Å².